The summed E-state index contributed by atoms with van der Waals surface area (Å²) in [6.45, 7) is 6.54. The van der Waals surface area contributed by atoms with Gasteiger partial charge in [-0.05, 0) is 50.1 Å². The number of benzene rings is 1. The standard InChI is InChI=1S/C21H24N4/c1-15-6-7-18(24-12-10-23(2)11-13-24)19-20(15)25-9-8-16-4-3-5-17(14-22-19)21(16)25/h5-9,14H,3-4,10-13H2,1-2H3. The Labute approximate surface area is 149 Å². The summed E-state index contributed by atoms with van der Waals surface area (Å²) < 4.78 is 2.37. The Morgan fingerprint density at radius 2 is 1.88 bits per heavy atom. The first-order valence-electron chi connectivity index (χ1n) is 9.24. The Morgan fingerprint density at radius 3 is 2.72 bits per heavy atom. The van der Waals surface area contributed by atoms with E-state index >= 15 is 0 Å². The van der Waals surface area contributed by atoms with Gasteiger partial charge in [0.2, 0.25) is 0 Å². The molecular weight excluding hydrogens is 308 g/mol. The van der Waals surface area contributed by atoms with Crippen LogP contribution in [0.15, 0.2) is 35.5 Å². The van der Waals surface area contributed by atoms with Crippen molar-refractivity contribution in [2.75, 3.05) is 38.1 Å². The second kappa shape index (κ2) is 5.60. The molecule has 3 heterocycles. The van der Waals surface area contributed by atoms with Crippen LogP contribution in [0.25, 0.3) is 11.3 Å². The molecule has 25 heavy (non-hydrogen) atoms. The Balaban J connectivity index is 1.71. The molecule has 1 saturated heterocycles. The molecule has 3 aliphatic rings. The van der Waals surface area contributed by atoms with Gasteiger partial charge >= 0.3 is 0 Å². The molecule has 4 nitrogen and oxygen atoms in total. The predicted octanol–water partition coefficient (Wildman–Crippen LogP) is 3.58. The van der Waals surface area contributed by atoms with Gasteiger partial charge in [-0.3, -0.25) is 4.99 Å². The predicted molar refractivity (Wildman–Crippen MR) is 105 cm³/mol. The summed E-state index contributed by atoms with van der Waals surface area (Å²) in [7, 11) is 2.20. The van der Waals surface area contributed by atoms with Gasteiger partial charge in [-0.1, -0.05) is 12.1 Å². The Morgan fingerprint density at radius 1 is 1.04 bits per heavy atom. The lowest BCUT2D eigenvalue weighted by atomic mass is 9.98. The zero-order valence-electron chi connectivity index (χ0n) is 15.0. The number of allylic oxidation sites excluding steroid dienone is 2. The number of hydrogen-bond acceptors (Lipinski definition) is 3. The molecule has 0 radical (unpaired) electrons. The summed E-state index contributed by atoms with van der Waals surface area (Å²) in [5.74, 6) is 0. The number of likely N-dealkylation sites (N-methyl/N-ethyl adjacent to an activating group) is 1. The van der Waals surface area contributed by atoms with Crippen LogP contribution in [-0.4, -0.2) is 48.9 Å². The van der Waals surface area contributed by atoms with E-state index in [1.165, 1.54) is 33.8 Å². The minimum absolute atomic E-state index is 1.06. The van der Waals surface area contributed by atoms with Crippen LogP contribution in [0.4, 0.5) is 11.4 Å². The first-order chi connectivity index (χ1) is 12.2. The Hall–Kier alpha value is -2.33. The highest BCUT2D eigenvalue weighted by atomic mass is 15.3. The van der Waals surface area contributed by atoms with E-state index in [0.29, 0.717) is 0 Å². The Kier molecular flexibility index (Phi) is 3.35. The lowest BCUT2D eigenvalue weighted by Crippen LogP contribution is -2.44. The number of nitrogens with zero attached hydrogens (tertiary/aromatic N) is 4. The fourth-order valence-electron chi connectivity index (χ4n) is 4.32. The van der Waals surface area contributed by atoms with E-state index in [0.717, 1.165) is 44.7 Å². The number of piperazine rings is 1. The molecule has 1 aromatic carbocycles. The maximum Gasteiger partial charge on any atom is 0.111 e. The molecule has 4 heteroatoms. The number of anilines is 1. The van der Waals surface area contributed by atoms with Crippen LogP contribution in [0.3, 0.4) is 0 Å². The normalized spacial score (nSPS) is 19.3. The van der Waals surface area contributed by atoms with Gasteiger partial charge in [-0.25, -0.2) is 0 Å². The van der Waals surface area contributed by atoms with E-state index < -0.39 is 0 Å². The summed E-state index contributed by atoms with van der Waals surface area (Å²) in [5, 5.41) is 0. The number of fused-ring (bicyclic) bond motifs is 2. The monoisotopic (exact) mass is 332 g/mol. The molecular formula is C21H24N4. The van der Waals surface area contributed by atoms with Gasteiger partial charge in [0.1, 0.15) is 5.69 Å². The minimum Gasteiger partial charge on any atom is -0.367 e. The highest BCUT2D eigenvalue weighted by molar-refractivity contribution is 6.13. The van der Waals surface area contributed by atoms with Crippen LogP contribution in [-0.2, 0) is 6.42 Å². The average molecular weight is 332 g/mol. The molecule has 2 aliphatic heterocycles. The van der Waals surface area contributed by atoms with Crippen molar-refractivity contribution < 1.29 is 0 Å². The largest absolute Gasteiger partial charge is 0.367 e. The van der Waals surface area contributed by atoms with Crippen molar-refractivity contribution in [1.29, 1.82) is 0 Å². The van der Waals surface area contributed by atoms with Crippen molar-refractivity contribution in [2.24, 2.45) is 4.99 Å². The first kappa shape index (κ1) is 15.0. The molecule has 1 aromatic heterocycles. The average Bonchev–Trinajstić information content (AvgIpc) is 2.97. The van der Waals surface area contributed by atoms with Crippen molar-refractivity contribution in [2.45, 2.75) is 19.8 Å². The van der Waals surface area contributed by atoms with Gasteiger partial charge in [-0.15, -0.1) is 0 Å². The third-order valence-corrected chi connectivity index (χ3v) is 5.77. The molecule has 0 bridgehead atoms. The summed E-state index contributed by atoms with van der Waals surface area (Å²) >= 11 is 0. The Bertz CT molecular complexity index is 895. The number of rotatable bonds is 1. The van der Waals surface area contributed by atoms with Crippen LogP contribution < -0.4 is 4.90 Å². The van der Waals surface area contributed by atoms with Crippen molar-refractivity contribution in [3.05, 3.63) is 47.3 Å². The van der Waals surface area contributed by atoms with Gasteiger partial charge < -0.3 is 14.4 Å². The van der Waals surface area contributed by atoms with Crippen molar-refractivity contribution in [1.82, 2.24) is 9.47 Å². The van der Waals surface area contributed by atoms with E-state index in [9.17, 15) is 0 Å². The fraction of sp³-hybridized carbons (Fsp3) is 0.381. The van der Waals surface area contributed by atoms with Crippen LogP contribution in [0, 0.1) is 6.92 Å². The third kappa shape index (κ3) is 2.28. The molecule has 128 valence electrons. The maximum absolute atomic E-state index is 4.99. The summed E-state index contributed by atoms with van der Waals surface area (Å²) in [4.78, 5) is 9.88. The van der Waals surface area contributed by atoms with Crippen LogP contribution in [0.2, 0.25) is 0 Å². The zero-order chi connectivity index (χ0) is 17.0. The maximum atomic E-state index is 4.99. The van der Waals surface area contributed by atoms with Gasteiger partial charge in [-0.2, -0.15) is 0 Å². The van der Waals surface area contributed by atoms with E-state index in [1.54, 1.807) is 0 Å². The lowest BCUT2D eigenvalue weighted by molar-refractivity contribution is 0.313. The number of aliphatic imine (C=N–C) groups is 1. The van der Waals surface area contributed by atoms with Gasteiger partial charge in [0.25, 0.3) is 0 Å². The van der Waals surface area contributed by atoms with Crippen LogP contribution in [0.5, 0.6) is 0 Å². The highest BCUT2D eigenvalue weighted by Crippen LogP contribution is 2.42. The number of hydrogen-bond donors (Lipinski definition) is 0. The van der Waals surface area contributed by atoms with Crippen LogP contribution >= 0.6 is 0 Å². The van der Waals surface area contributed by atoms with Crippen LogP contribution in [0.1, 0.15) is 23.2 Å². The van der Waals surface area contributed by atoms with E-state index in [4.69, 9.17) is 4.99 Å². The quantitative estimate of drug-likeness (QED) is 0.797. The van der Waals surface area contributed by atoms with Gasteiger partial charge in [0, 0.05) is 44.2 Å². The molecule has 0 saturated carbocycles. The second-order valence-corrected chi connectivity index (χ2v) is 7.41. The number of aryl methyl sites for hydroxylation is 2. The smallest absolute Gasteiger partial charge is 0.111 e. The summed E-state index contributed by atoms with van der Waals surface area (Å²) in [5.41, 5.74) is 8.99. The topological polar surface area (TPSA) is 23.8 Å². The van der Waals surface area contributed by atoms with Crippen molar-refractivity contribution >= 4 is 23.2 Å². The fourth-order valence-corrected chi connectivity index (χ4v) is 4.32. The molecule has 0 atom stereocenters. The highest BCUT2D eigenvalue weighted by Gasteiger charge is 2.25. The van der Waals surface area contributed by atoms with Gasteiger partial charge in [0.05, 0.1) is 17.1 Å². The molecule has 2 aromatic rings. The minimum atomic E-state index is 1.06. The zero-order valence-corrected chi connectivity index (χ0v) is 15.0. The molecule has 1 aliphatic carbocycles. The lowest BCUT2D eigenvalue weighted by Gasteiger charge is -2.35. The van der Waals surface area contributed by atoms with E-state index in [-0.39, 0.29) is 0 Å². The molecule has 1 fully saturated rings. The van der Waals surface area contributed by atoms with E-state index in [2.05, 4.69) is 65.0 Å². The molecule has 0 N–H and O–H groups in total. The third-order valence-electron chi connectivity index (χ3n) is 5.77. The number of aromatic nitrogens is 1. The summed E-state index contributed by atoms with van der Waals surface area (Å²) in [6.07, 6.45) is 8.89. The first-order valence-corrected chi connectivity index (χ1v) is 9.24. The van der Waals surface area contributed by atoms with E-state index in [1.807, 2.05) is 0 Å². The molecule has 0 unspecified atom stereocenters. The van der Waals surface area contributed by atoms with Crippen molar-refractivity contribution in [3.8, 4) is 5.69 Å². The molecule has 5 rings (SSSR count). The second-order valence-electron chi connectivity index (χ2n) is 7.41. The molecule has 0 amide bonds. The molecule has 0 spiro atoms. The van der Waals surface area contributed by atoms with Gasteiger partial charge in [0.15, 0.2) is 0 Å². The SMILES string of the molecule is Cc1ccc(N2CCN(C)CC2)c2c1-n1ccc3c1C(=CCC3)C=N2. The van der Waals surface area contributed by atoms with Crippen molar-refractivity contribution in [3.63, 3.8) is 0 Å². The summed E-state index contributed by atoms with van der Waals surface area (Å²) in [6, 6.07) is 6.80.